The fourth-order valence-corrected chi connectivity index (χ4v) is 1.80. The Morgan fingerprint density at radius 2 is 2.11 bits per heavy atom. The van der Waals surface area contributed by atoms with Crippen molar-refractivity contribution < 1.29 is 22.7 Å². The van der Waals surface area contributed by atoms with Crippen LogP contribution >= 0.6 is 0 Å². The summed E-state index contributed by atoms with van der Waals surface area (Å²) < 4.78 is 35.4. The van der Waals surface area contributed by atoms with Gasteiger partial charge in [-0.3, -0.25) is 4.79 Å². The van der Waals surface area contributed by atoms with Gasteiger partial charge in [-0.2, -0.15) is 0 Å². The van der Waals surface area contributed by atoms with Crippen LogP contribution in [0, 0.1) is 5.82 Å². The number of nitrogens with one attached hydrogen (secondary N) is 1. The van der Waals surface area contributed by atoms with Gasteiger partial charge in [0.2, 0.25) is 10.0 Å². The van der Waals surface area contributed by atoms with E-state index in [-0.39, 0.29) is 23.5 Å². The SMILES string of the molecule is NS(=O)(=O)c1ccc(NCCCC(=O)O)c(F)c1. The molecule has 0 saturated carbocycles. The predicted octanol–water partition coefficient (Wildman–Crippen LogP) is 0.750. The summed E-state index contributed by atoms with van der Waals surface area (Å²) in [5.41, 5.74) is 0.104. The highest BCUT2D eigenvalue weighted by molar-refractivity contribution is 7.89. The van der Waals surface area contributed by atoms with E-state index in [0.717, 1.165) is 6.07 Å². The van der Waals surface area contributed by atoms with Gasteiger partial charge in [0.05, 0.1) is 10.6 Å². The van der Waals surface area contributed by atoms with Crippen molar-refractivity contribution in [3.8, 4) is 0 Å². The smallest absolute Gasteiger partial charge is 0.303 e. The van der Waals surface area contributed by atoms with Gasteiger partial charge >= 0.3 is 5.97 Å². The molecule has 0 aliphatic rings. The molecule has 6 nitrogen and oxygen atoms in total. The molecule has 0 aliphatic carbocycles. The van der Waals surface area contributed by atoms with Gasteiger partial charge in [-0.05, 0) is 24.6 Å². The van der Waals surface area contributed by atoms with Crippen LogP contribution in [0.4, 0.5) is 10.1 Å². The van der Waals surface area contributed by atoms with E-state index in [4.69, 9.17) is 10.2 Å². The van der Waals surface area contributed by atoms with E-state index in [2.05, 4.69) is 5.32 Å². The van der Waals surface area contributed by atoms with Crippen LogP contribution < -0.4 is 10.5 Å². The highest BCUT2D eigenvalue weighted by atomic mass is 32.2. The highest BCUT2D eigenvalue weighted by Gasteiger charge is 2.11. The Kier molecular flexibility index (Phi) is 4.62. The normalized spacial score (nSPS) is 11.2. The van der Waals surface area contributed by atoms with Crippen molar-refractivity contribution in [3.63, 3.8) is 0 Å². The minimum atomic E-state index is -3.92. The molecule has 4 N–H and O–H groups in total. The zero-order chi connectivity index (χ0) is 13.8. The van der Waals surface area contributed by atoms with E-state index >= 15 is 0 Å². The summed E-state index contributed by atoms with van der Waals surface area (Å²) in [6.45, 7) is 0.276. The largest absolute Gasteiger partial charge is 0.481 e. The summed E-state index contributed by atoms with van der Waals surface area (Å²) in [7, 11) is -3.92. The Labute approximate surface area is 104 Å². The van der Waals surface area contributed by atoms with E-state index in [1.54, 1.807) is 0 Å². The van der Waals surface area contributed by atoms with Gasteiger partial charge in [0.1, 0.15) is 5.82 Å². The Balaban J connectivity index is 2.66. The topological polar surface area (TPSA) is 109 Å². The molecule has 0 radical (unpaired) electrons. The number of hydrogen-bond donors (Lipinski definition) is 3. The van der Waals surface area contributed by atoms with Gasteiger partial charge in [0.15, 0.2) is 0 Å². The van der Waals surface area contributed by atoms with Crippen molar-refractivity contribution in [2.75, 3.05) is 11.9 Å². The van der Waals surface area contributed by atoms with Gasteiger partial charge in [-0.15, -0.1) is 0 Å². The quantitative estimate of drug-likeness (QED) is 0.664. The van der Waals surface area contributed by atoms with Gasteiger partial charge < -0.3 is 10.4 Å². The minimum absolute atomic E-state index is 0.0239. The van der Waals surface area contributed by atoms with Crippen LogP contribution in [-0.4, -0.2) is 26.0 Å². The van der Waals surface area contributed by atoms with E-state index in [9.17, 15) is 17.6 Å². The van der Waals surface area contributed by atoms with Crippen LogP contribution in [0.3, 0.4) is 0 Å². The zero-order valence-corrected chi connectivity index (χ0v) is 10.2. The second kappa shape index (κ2) is 5.78. The van der Waals surface area contributed by atoms with Crippen molar-refractivity contribution >= 4 is 21.7 Å². The van der Waals surface area contributed by atoms with Crippen LogP contribution in [0.5, 0.6) is 0 Å². The van der Waals surface area contributed by atoms with Crippen molar-refractivity contribution in [2.24, 2.45) is 5.14 Å². The average Bonchev–Trinajstić information content (AvgIpc) is 2.24. The number of benzene rings is 1. The van der Waals surface area contributed by atoms with Gasteiger partial charge in [-0.1, -0.05) is 0 Å². The Bertz CT molecular complexity index is 545. The summed E-state index contributed by atoms with van der Waals surface area (Å²) in [5, 5.41) is 15.9. The first-order valence-electron chi connectivity index (χ1n) is 5.09. The number of hydrogen-bond acceptors (Lipinski definition) is 4. The number of rotatable bonds is 6. The van der Waals surface area contributed by atoms with Crippen LogP contribution in [0.2, 0.25) is 0 Å². The molecule has 0 aromatic heterocycles. The van der Waals surface area contributed by atoms with Crippen molar-refractivity contribution in [1.29, 1.82) is 0 Å². The number of carboxylic acids is 1. The second-order valence-corrected chi connectivity index (χ2v) is 5.17. The van der Waals surface area contributed by atoms with Crippen LogP contribution in [0.25, 0.3) is 0 Å². The molecule has 1 aromatic rings. The molecule has 0 saturated heterocycles. The summed E-state index contributed by atoms with van der Waals surface area (Å²) in [4.78, 5) is 9.94. The lowest BCUT2D eigenvalue weighted by atomic mass is 10.2. The zero-order valence-electron chi connectivity index (χ0n) is 9.39. The molecule has 0 atom stereocenters. The third-order valence-corrected chi connectivity index (χ3v) is 3.06. The maximum atomic E-state index is 13.5. The monoisotopic (exact) mass is 276 g/mol. The lowest BCUT2D eigenvalue weighted by Gasteiger charge is -2.07. The number of anilines is 1. The summed E-state index contributed by atoms with van der Waals surface area (Å²) >= 11 is 0. The summed E-state index contributed by atoms with van der Waals surface area (Å²) in [5.74, 6) is -1.68. The molecular formula is C10H13FN2O4S. The molecule has 0 unspecified atom stereocenters. The molecule has 0 amide bonds. The summed E-state index contributed by atoms with van der Waals surface area (Å²) in [6, 6.07) is 3.24. The molecular weight excluding hydrogens is 263 g/mol. The molecule has 1 aromatic carbocycles. The minimum Gasteiger partial charge on any atom is -0.481 e. The van der Waals surface area contributed by atoms with Gasteiger partial charge in [0, 0.05) is 13.0 Å². The lowest BCUT2D eigenvalue weighted by molar-refractivity contribution is -0.137. The molecule has 0 spiro atoms. The fourth-order valence-electron chi connectivity index (χ4n) is 1.28. The number of carbonyl (C=O) groups is 1. The molecule has 0 heterocycles. The van der Waals surface area contributed by atoms with Gasteiger partial charge in [-0.25, -0.2) is 17.9 Å². The number of sulfonamides is 1. The molecule has 18 heavy (non-hydrogen) atoms. The maximum Gasteiger partial charge on any atom is 0.303 e. The first-order chi connectivity index (χ1) is 8.30. The lowest BCUT2D eigenvalue weighted by Crippen LogP contribution is -2.13. The second-order valence-electron chi connectivity index (χ2n) is 3.61. The number of primary sulfonamides is 1. The molecule has 100 valence electrons. The Morgan fingerprint density at radius 3 is 2.61 bits per heavy atom. The molecule has 1 rings (SSSR count). The number of carboxylic acid groups (broad SMARTS) is 1. The molecule has 0 fully saturated rings. The standard InChI is InChI=1S/C10H13FN2O4S/c11-8-6-7(18(12,16)17)3-4-9(8)13-5-1-2-10(14)15/h3-4,6,13H,1-2,5H2,(H,14,15)(H2,12,16,17). The van der Waals surface area contributed by atoms with E-state index in [1.807, 2.05) is 0 Å². The number of aliphatic carboxylic acids is 1. The summed E-state index contributed by atoms with van der Waals surface area (Å²) in [6.07, 6.45) is 0.315. The third-order valence-electron chi connectivity index (χ3n) is 2.15. The molecule has 0 bridgehead atoms. The van der Waals surface area contributed by atoms with Crippen molar-refractivity contribution in [1.82, 2.24) is 0 Å². The maximum absolute atomic E-state index is 13.5. The number of nitrogens with two attached hydrogens (primary N) is 1. The van der Waals surface area contributed by atoms with E-state index in [1.165, 1.54) is 12.1 Å². The average molecular weight is 276 g/mol. The highest BCUT2D eigenvalue weighted by Crippen LogP contribution is 2.18. The Morgan fingerprint density at radius 1 is 1.44 bits per heavy atom. The van der Waals surface area contributed by atoms with Gasteiger partial charge in [0.25, 0.3) is 0 Å². The van der Waals surface area contributed by atoms with Crippen molar-refractivity contribution in [3.05, 3.63) is 24.0 Å². The van der Waals surface area contributed by atoms with Crippen LogP contribution in [-0.2, 0) is 14.8 Å². The third kappa shape index (κ3) is 4.30. The molecule has 0 aliphatic heterocycles. The van der Waals surface area contributed by atoms with Crippen molar-refractivity contribution in [2.45, 2.75) is 17.7 Å². The predicted molar refractivity (Wildman–Crippen MR) is 63.1 cm³/mol. The van der Waals surface area contributed by atoms with Crippen LogP contribution in [0.1, 0.15) is 12.8 Å². The van der Waals surface area contributed by atoms with E-state index in [0.29, 0.717) is 6.42 Å². The number of halogens is 1. The van der Waals surface area contributed by atoms with Crippen LogP contribution in [0.15, 0.2) is 23.1 Å². The fraction of sp³-hybridized carbons (Fsp3) is 0.300. The first kappa shape index (κ1) is 14.4. The van der Waals surface area contributed by atoms with E-state index < -0.39 is 21.8 Å². The Hall–Kier alpha value is -1.67. The molecule has 8 heteroatoms. The first-order valence-corrected chi connectivity index (χ1v) is 6.63.